The van der Waals surface area contributed by atoms with Crippen molar-refractivity contribution in [2.75, 3.05) is 0 Å². The number of nitrogens with zero attached hydrogens (tertiary/aromatic N) is 2. The maximum Gasteiger partial charge on any atom is 0.0873 e. The molecule has 2 N–H and O–H groups in total. The van der Waals surface area contributed by atoms with Gasteiger partial charge < -0.3 is 5.73 Å². The molecule has 19 heavy (non-hydrogen) atoms. The standard InChI is InChI=1S/C16H17N3/c1-19-15-10-6-5-9-13(15)16(18-19)14(17)11-12-7-3-2-4-8-12/h2-10,14H,11,17H2,1H3. The molecule has 3 heteroatoms. The maximum atomic E-state index is 6.33. The van der Waals surface area contributed by atoms with Crippen molar-refractivity contribution >= 4 is 10.9 Å². The third kappa shape index (κ3) is 2.25. The molecular formula is C16H17N3. The van der Waals surface area contributed by atoms with Crippen molar-refractivity contribution in [3.8, 4) is 0 Å². The quantitative estimate of drug-likeness (QED) is 0.778. The van der Waals surface area contributed by atoms with Crippen molar-refractivity contribution in [1.82, 2.24) is 9.78 Å². The van der Waals surface area contributed by atoms with Crippen LogP contribution in [0.3, 0.4) is 0 Å². The van der Waals surface area contributed by atoms with Gasteiger partial charge in [-0.15, -0.1) is 0 Å². The minimum atomic E-state index is -0.0755. The molecule has 0 aliphatic carbocycles. The summed E-state index contributed by atoms with van der Waals surface area (Å²) in [5.41, 5.74) is 9.67. The Morgan fingerprint density at radius 2 is 1.74 bits per heavy atom. The number of hydrogen-bond acceptors (Lipinski definition) is 2. The zero-order valence-corrected chi connectivity index (χ0v) is 11.0. The first kappa shape index (κ1) is 11.9. The van der Waals surface area contributed by atoms with Gasteiger partial charge in [-0.25, -0.2) is 0 Å². The summed E-state index contributed by atoms with van der Waals surface area (Å²) in [5.74, 6) is 0. The van der Waals surface area contributed by atoms with Crippen LogP contribution >= 0.6 is 0 Å². The zero-order chi connectivity index (χ0) is 13.2. The van der Waals surface area contributed by atoms with E-state index in [0.29, 0.717) is 0 Å². The van der Waals surface area contributed by atoms with E-state index in [1.54, 1.807) is 0 Å². The smallest absolute Gasteiger partial charge is 0.0873 e. The van der Waals surface area contributed by atoms with E-state index in [4.69, 9.17) is 5.73 Å². The molecule has 0 bridgehead atoms. The highest BCUT2D eigenvalue weighted by Crippen LogP contribution is 2.24. The molecule has 0 saturated carbocycles. The number of nitrogens with two attached hydrogens (primary N) is 1. The van der Waals surface area contributed by atoms with E-state index < -0.39 is 0 Å². The molecule has 96 valence electrons. The van der Waals surface area contributed by atoms with Crippen molar-refractivity contribution in [3.05, 3.63) is 65.9 Å². The van der Waals surface area contributed by atoms with E-state index in [0.717, 1.165) is 23.0 Å². The lowest BCUT2D eigenvalue weighted by molar-refractivity contribution is 0.665. The van der Waals surface area contributed by atoms with Crippen LogP contribution in [-0.2, 0) is 13.5 Å². The van der Waals surface area contributed by atoms with Gasteiger partial charge in [0.05, 0.1) is 17.3 Å². The molecule has 3 nitrogen and oxygen atoms in total. The Balaban J connectivity index is 1.96. The van der Waals surface area contributed by atoms with Crippen molar-refractivity contribution in [1.29, 1.82) is 0 Å². The second-order valence-electron chi connectivity index (χ2n) is 4.82. The molecule has 3 rings (SSSR count). The average Bonchev–Trinajstić information content (AvgIpc) is 2.78. The van der Waals surface area contributed by atoms with Gasteiger partial charge in [0.15, 0.2) is 0 Å². The van der Waals surface area contributed by atoms with Gasteiger partial charge in [-0.2, -0.15) is 5.10 Å². The van der Waals surface area contributed by atoms with E-state index in [9.17, 15) is 0 Å². The minimum absolute atomic E-state index is 0.0755. The first-order valence-corrected chi connectivity index (χ1v) is 6.47. The monoisotopic (exact) mass is 251 g/mol. The molecule has 0 saturated heterocycles. The fraction of sp³-hybridized carbons (Fsp3) is 0.188. The van der Waals surface area contributed by atoms with Crippen LogP contribution in [0.25, 0.3) is 10.9 Å². The second kappa shape index (κ2) is 4.86. The number of fused-ring (bicyclic) bond motifs is 1. The molecule has 0 radical (unpaired) electrons. The molecule has 3 aromatic rings. The lowest BCUT2D eigenvalue weighted by Crippen LogP contribution is -2.14. The number of benzene rings is 2. The van der Waals surface area contributed by atoms with E-state index in [2.05, 4.69) is 29.4 Å². The van der Waals surface area contributed by atoms with Crippen molar-refractivity contribution in [2.24, 2.45) is 12.8 Å². The summed E-state index contributed by atoms with van der Waals surface area (Å²) in [6.07, 6.45) is 0.807. The molecule has 2 aromatic carbocycles. The minimum Gasteiger partial charge on any atom is -0.322 e. The largest absolute Gasteiger partial charge is 0.322 e. The molecule has 0 aliphatic heterocycles. The Kier molecular flexibility index (Phi) is 3.05. The third-order valence-electron chi connectivity index (χ3n) is 3.44. The van der Waals surface area contributed by atoms with Gasteiger partial charge in [-0.05, 0) is 18.1 Å². The summed E-state index contributed by atoms with van der Waals surface area (Å²) in [6.45, 7) is 0. The maximum absolute atomic E-state index is 6.33. The first-order valence-electron chi connectivity index (χ1n) is 6.47. The van der Waals surface area contributed by atoms with Crippen molar-refractivity contribution < 1.29 is 0 Å². The van der Waals surface area contributed by atoms with Crippen LogP contribution in [0.1, 0.15) is 17.3 Å². The zero-order valence-electron chi connectivity index (χ0n) is 11.0. The number of aromatic nitrogens is 2. The third-order valence-corrected chi connectivity index (χ3v) is 3.44. The molecule has 0 amide bonds. The Hall–Kier alpha value is -2.13. The van der Waals surface area contributed by atoms with Gasteiger partial charge in [0.1, 0.15) is 0 Å². The predicted molar refractivity (Wildman–Crippen MR) is 77.8 cm³/mol. The normalized spacial score (nSPS) is 12.7. The average molecular weight is 251 g/mol. The summed E-state index contributed by atoms with van der Waals surface area (Å²) in [5, 5.41) is 5.72. The van der Waals surface area contributed by atoms with Crippen LogP contribution in [0.5, 0.6) is 0 Å². The van der Waals surface area contributed by atoms with Crippen LogP contribution in [0, 0.1) is 0 Å². The van der Waals surface area contributed by atoms with Crippen molar-refractivity contribution in [2.45, 2.75) is 12.5 Å². The Morgan fingerprint density at radius 1 is 1.05 bits per heavy atom. The number of aryl methyl sites for hydroxylation is 1. The highest BCUT2D eigenvalue weighted by Gasteiger charge is 2.15. The second-order valence-corrected chi connectivity index (χ2v) is 4.82. The Morgan fingerprint density at radius 3 is 2.53 bits per heavy atom. The van der Waals surface area contributed by atoms with Gasteiger partial charge in [0.25, 0.3) is 0 Å². The molecule has 1 heterocycles. The van der Waals surface area contributed by atoms with Gasteiger partial charge >= 0.3 is 0 Å². The van der Waals surface area contributed by atoms with Gasteiger partial charge in [0.2, 0.25) is 0 Å². The summed E-state index contributed by atoms with van der Waals surface area (Å²) in [4.78, 5) is 0. The fourth-order valence-electron chi connectivity index (χ4n) is 2.48. The summed E-state index contributed by atoms with van der Waals surface area (Å²) >= 11 is 0. The van der Waals surface area contributed by atoms with Crippen LogP contribution in [0.15, 0.2) is 54.6 Å². The number of hydrogen-bond donors (Lipinski definition) is 1. The highest BCUT2D eigenvalue weighted by molar-refractivity contribution is 5.82. The molecule has 0 fully saturated rings. The van der Waals surface area contributed by atoms with E-state index >= 15 is 0 Å². The summed E-state index contributed by atoms with van der Waals surface area (Å²) in [7, 11) is 1.96. The van der Waals surface area contributed by atoms with E-state index in [1.165, 1.54) is 5.56 Å². The topological polar surface area (TPSA) is 43.8 Å². The summed E-state index contributed by atoms with van der Waals surface area (Å²) in [6, 6.07) is 18.4. The van der Waals surface area contributed by atoms with Crippen LogP contribution in [-0.4, -0.2) is 9.78 Å². The lowest BCUT2D eigenvalue weighted by Gasteiger charge is -2.09. The lowest BCUT2D eigenvalue weighted by atomic mass is 10.0. The fourth-order valence-corrected chi connectivity index (χ4v) is 2.48. The molecule has 0 aliphatic rings. The van der Waals surface area contributed by atoms with Crippen molar-refractivity contribution in [3.63, 3.8) is 0 Å². The number of para-hydroxylation sites is 1. The first-order chi connectivity index (χ1) is 9.25. The molecule has 0 spiro atoms. The van der Waals surface area contributed by atoms with Gasteiger partial charge in [0, 0.05) is 12.4 Å². The van der Waals surface area contributed by atoms with Gasteiger partial charge in [-0.1, -0.05) is 48.5 Å². The molecule has 1 unspecified atom stereocenters. The van der Waals surface area contributed by atoms with E-state index in [-0.39, 0.29) is 6.04 Å². The van der Waals surface area contributed by atoms with E-state index in [1.807, 2.05) is 42.1 Å². The molecule has 1 atom stereocenters. The number of rotatable bonds is 3. The summed E-state index contributed by atoms with van der Waals surface area (Å²) < 4.78 is 1.90. The Labute approximate surface area is 112 Å². The van der Waals surface area contributed by atoms with Gasteiger partial charge in [-0.3, -0.25) is 4.68 Å². The Bertz CT molecular complexity index is 686. The molecule has 1 aromatic heterocycles. The SMILES string of the molecule is Cn1nc(C(N)Cc2ccccc2)c2ccccc21. The van der Waals surface area contributed by atoms with Crippen LogP contribution in [0.2, 0.25) is 0 Å². The van der Waals surface area contributed by atoms with Crippen LogP contribution in [0.4, 0.5) is 0 Å². The predicted octanol–water partition coefficient (Wildman–Crippen LogP) is 2.82. The highest BCUT2D eigenvalue weighted by atomic mass is 15.3. The van der Waals surface area contributed by atoms with Crippen LogP contribution < -0.4 is 5.73 Å². The molecular weight excluding hydrogens is 234 g/mol.